The number of fused-ring (bicyclic) bond motifs is 1. The van der Waals surface area contributed by atoms with Crippen molar-refractivity contribution in [3.8, 4) is 11.1 Å². The van der Waals surface area contributed by atoms with Crippen LogP contribution in [0, 0.1) is 5.92 Å². The van der Waals surface area contributed by atoms with Crippen LogP contribution in [0.4, 0.5) is 0 Å². The highest BCUT2D eigenvalue weighted by atomic mass is 16.7. The van der Waals surface area contributed by atoms with Gasteiger partial charge in [0.1, 0.15) is 0 Å². The number of carboxylic acid groups (broad SMARTS) is 1. The van der Waals surface area contributed by atoms with E-state index in [1.54, 1.807) is 0 Å². The van der Waals surface area contributed by atoms with E-state index in [9.17, 15) is 14.7 Å². The van der Waals surface area contributed by atoms with E-state index in [0.717, 1.165) is 44.4 Å². The van der Waals surface area contributed by atoms with Crippen molar-refractivity contribution in [2.75, 3.05) is 0 Å². The molecular formula is C37H37N3O6. The van der Waals surface area contributed by atoms with Gasteiger partial charge in [0.05, 0.1) is 49.1 Å². The smallest absolute Gasteiger partial charge is 0.303 e. The second kappa shape index (κ2) is 14.1. The van der Waals surface area contributed by atoms with Crippen molar-refractivity contribution in [1.82, 2.24) is 14.9 Å². The number of amides is 1. The number of carboxylic acids is 1. The standard InChI is InChI=1S/C37H37N3O6/c1-24-33(21-40-23-39-31-8-4-5-9-32(31)40)45-37(46-36(24)27-12-10-25(22-41)11-13-27)28-16-14-26(15-17-28)30-7-3-2-6-29(30)20-38-34(42)18-19-35(43)44/h2-17,23-24,33,36-37,41H,18-22H2,1H3,(H,38,42)(H,43,44). The van der Waals surface area contributed by atoms with E-state index < -0.39 is 12.3 Å². The maximum Gasteiger partial charge on any atom is 0.303 e. The quantitative estimate of drug-likeness (QED) is 0.162. The molecule has 4 aromatic carbocycles. The second-order valence-electron chi connectivity index (χ2n) is 11.7. The van der Waals surface area contributed by atoms with Gasteiger partial charge in [-0.25, -0.2) is 4.98 Å². The molecule has 4 unspecified atom stereocenters. The lowest BCUT2D eigenvalue weighted by Gasteiger charge is -2.41. The largest absolute Gasteiger partial charge is 0.481 e. The average molecular weight is 620 g/mol. The first kappa shape index (κ1) is 31.2. The summed E-state index contributed by atoms with van der Waals surface area (Å²) in [6.45, 7) is 3.03. The Hall–Kier alpha value is -4.83. The third-order valence-electron chi connectivity index (χ3n) is 8.58. The highest BCUT2D eigenvalue weighted by molar-refractivity contribution is 5.81. The molecule has 4 atom stereocenters. The zero-order chi connectivity index (χ0) is 32.0. The Labute approximate surface area is 267 Å². The van der Waals surface area contributed by atoms with Gasteiger partial charge in [0, 0.05) is 24.4 Å². The zero-order valence-corrected chi connectivity index (χ0v) is 25.6. The fourth-order valence-corrected chi connectivity index (χ4v) is 5.96. The lowest BCUT2D eigenvalue weighted by molar-refractivity contribution is -0.276. The minimum Gasteiger partial charge on any atom is -0.481 e. The van der Waals surface area contributed by atoms with Crippen molar-refractivity contribution in [3.05, 3.63) is 126 Å². The fourth-order valence-electron chi connectivity index (χ4n) is 5.96. The summed E-state index contributed by atoms with van der Waals surface area (Å²) in [5.41, 5.74) is 7.60. The van der Waals surface area contributed by atoms with Crippen LogP contribution in [0.5, 0.6) is 0 Å². The van der Waals surface area contributed by atoms with Crippen molar-refractivity contribution in [2.24, 2.45) is 5.92 Å². The molecule has 6 rings (SSSR count). The summed E-state index contributed by atoms with van der Waals surface area (Å²) in [6.07, 6.45) is 0.568. The molecule has 1 amide bonds. The van der Waals surface area contributed by atoms with Crippen LogP contribution in [0.3, 0.4) is 0 Å². The molecule has 0 aliphatic carbocycles. The van der Waals surface area contributed by atoms with Gasteiger partial charge < -0.3 is 29.6 Å². The number of aliphatic carboxylic acids is 1. The van der Waals surface area contributed by atoms with Crippen molar-refractivity contribution in [1.29, 1.82) is 0 Å². The lowest BCUT2D eigenvalue weighted by Crippen LogP contribution is -2.39. The Morgan fingerprint density at radius 2 is 1.59 bits per heavy atom. The molecule has 46 heavy (non-hydrogen) atoms. The van der Waals surface area contributed by atoms with Crippen LogP contribution >= 0.6 is 0 Å². The number of aliphatic hydroxyl groups is 1. The molecule has 1 saturated heterocycles. The molecule has 2 heterocycles. The van der Waals surface area contributed by atoms with Gasteiger partial charge in [-0.15, -0.1) is 0 Å². The number of carbonyl (C=O) groups excluding carboxylic acids is 1. The van der Waals surface area contributed by atoms with E-state index in [1.807, 2.05) is 97.3 Å². The molecule has 9 nitrogen and oxygen atoms in total. The Balaban J connectivity index is 1.24. The molecule has 0 radical (unpaired) electrons. The number of carbonyl (C=O) groups is 2. The van der Waals surface area contributed by atoms with Crippen LogP contribution in [0.25, 0.3) is 22.2 Å². The van der Waals surface area contributed by atoms with Gasteiger partial charge in [0.25, 0.3) is 0 Å². The fraction of sp³-hybridized carbons (Fsp3) is 0.270. The number of nitrogens with one attached hydrogen (secondary N) is 1. The molecule has 0 saturated carbocycles. The van der Waals surface area contributed by atoms with Gasteiger partial charge >= 0.3 is 5.97 Å². The molecule has 3 N–H and O–H groups in total. The number of nitrogens with zero attached hydrogens (tertiary/aromatic N) is 2. The summed E-state index contributed by atoms with van der Waals surface area (Å²) in [7, 11) is 0. The van der Waals surface area contributed by atoms with Gasteiger partial charge in [0.15, 0.2) is 6.29 Å². The SMILES string of the molecule is CC1C(Cn2cnc3ccccc32)OC(c2ccc(-c3ccccc3CNC(=O)CCC(=O)O)cc2)OC1c1ccc(CO)cc1. The van der Waals surface area contributed by atoms with Crippen LogP contribution in [-0.4, -0.2) is 37.7 Å². The van der Waals surface area contributed by atoms with Crippen molar-refractivity contribution in [3.63, 3.8) is 0 Å². The normalized spacial score (nSPS) is 19.6. The van der Waals surface area contributed by atoms with Gasteiger partial charge in [-0.1, -0.05) is 91.9 Å². The topological polar surface area (TPSA) is 123 Å². The van der Waals surface area contributed by atoms with Crippen LogP contribution in [0.2, 0.25) is 0 Å². The minimum atomic E-state index is -0.997. The van der Waals surface area contributed by atoms with Gasteiger partial charge in [0.2, 0.25) is 5.91 Å². The minimum absolute atomic E-state index is 0.0179. The van der Waals surface area contributed by atoms with Gasteiger partial charge in [-0.05, 0) is 39.9 Å². The average Bonchev–Trinajstić information content (AvgIpc) is 3.50. The molecule has 0 spiro atoms. The third-order valence-corrected chi connectivity index (χ3v) is 8.58. The Kier molecular flexibility index (Phi) is 9.54. The van der Waals surface area contributed by atoms with Crippen LogP contribution < -0.4 is 5.32 Å². The summed E-state index contributed by atoms with van der Waals surface area (Å²) in [4.78, 5) is 27.5. The summed E-state index contributed by atoms with van der Waals surface area (Å²) in [6, 6.07) is 31.8. The monoisotopic (exact) mass is 619 g/mol. The number of benzene rings is 4. The molecule has 1 aromatic heterocycles. The van der Waals surface area contributed by atoms with E-state index in [0.29, 0.717) is 13.1 Å². The van der Waals surface area contributed by atoms with Crippen LogP contribution in [0.15, 0.2) is 103 Å². The zero-order valence-electron chi connectivity index (χ0n) is 25.6. The molecule has 236 valence electrons. The Bertz CT molecular complexity index is 1800. The van der Waals surface area contributed by atoms with E-state index in [1.165, 1.54) is 0 Å². The summed E-state index contributed by atoms with van der Waals surface area (Å²) in [5.74, 6) is -1.27. The summed E-state index contributed by atoms with van der Waals surface area (Å²) in [5, 5.41) is 21.3. The molecule has 5 aromatic rings. The van der Waals surface area contributed by atoms with Gasteiger partial charge in [-0.2, -0.15) is 0 Å². The second-order valence-corrected chi connectivity index (χ2v) is 11.7. The van der Waals surface area contributed by atoms with Crippen LogP contribution in [-0.2, 0) is 38.8 Å². The Morgan fingerprint density at radius 1 is 0.870 bits per heavy atom. The number of imidazole rings is 1. The third kappa shape index (κ3) is 7.02. The maximum absolute atomic E-state index is 12.1. The highest BCUT2D eigenvalue weighted by Gasteiger charge is 2.38. The van der Waals surface area contributed by atoms with Crippen molar-refractivity contribution < 1.29 is 29.3 Å². The number of hydrogen-bond acceptors (Lipinski definition) is 6. The molecule has 0 bridgehead atoms. The first-order chi connectivity index (χ1) is 22.4. The number of aliphatic hydroxyl groups excluding tert-OH is 1. The Morgan fingerprint density at radius 3 is 2.35 bits per heavy atom. The van der Waals surface area contributed by atoms with Crippen molar-refractivity contribution >= 4 is 22.9 Å². The molecule has 1 aliphatic rings. The number of para-hydroxylation sites is 2. The number of hydrogen-bond donors (Lipinski definition) is 3. The van der Waals surface area contributed by atoms with Crippen LogP contribution in [0.1, 0.15) is 54.4 Å². The first-order valence-electron chi connectivity index (χ1n) is 15.5. The van der Waals surface area contributed by atoms with E-state index in [4.69, 9.17) is 14.6 Å². The van der Waals surface area contributed by atoms with E-state index in [-0.39, 0.29) is 43.5 Å². The first-order valence-corrected chi connectivity index (χ1v) is 15.5. The van der Waals surface area contributed by atoms with Crippen molar-refractivity contribution in [2.45, 2.75) is 58.0 Å². The summed E-state index contributed by atoms with van der Waals surface area (Å²) >= 11 is 0. The molecular weight excluding hydrogens is 582 g/mol. The number of ether oxygens (including phenoxy) is 2. The highest BCUT2D eigenvalue weighted by Crippen LogP contribution is 2.42. The van der Waals surface area contributed by atoms with E-state index >= 15 is 0 Å². The predicted octanol–water partition coefficient (Wildman–Crippen LogP) is 6.17. The number of aromatic nitrogens is 2. The molecule has 1 aliphatic heterocycles. The predicted molar refractivity (Wildman–Crippen MR) is 173 cm³/mol. The maximum atomic E-state index is 12.1. The molecule has 1 fully saturated rings. The van der Waals surface area contributed by atoms with E-state index in [2.05, 4.69) is 27.9 Å². The lowest BCUT2D eigenvalue weighted by atomic mass is 9.90. The molecule has 9 heteroatoms. The summed E-state index contributed by atoms with van der Waals surface area (Å²) < 4.78 is 15.5. The van der Waals surface area contributed by atoms with Gasteiger partial charge in [-0.3, -0.25) is 9.59 Å². The number of rotatable bonds is 11.